The molecule has 2 fully saturated rings. The molecule has 0 N–H and O–H groups in total. The number of rotatable bonds is 5. The minimum atomic E-state index is 0.115. The number of hydrogen-bond acceptors (Lipinski definition) is 5. The Morgan fingerprint density at radius 3 is 2.44 bits per heavy atom. The van der Waals surface area contributed by atoms with E-state index in [1.54, 1.807) is 14.2 Å². The number of amides is 1. The van der Waals surface area contributed by atoms with Gasteiger partial charge in [0.05, 0.1) is 7.11 Å². The Balaban J connectivity index is 1.52. The Morgan fingerprint density at radius 2 is 1.80 bits per heavy atom. The highest BCUT2D eigenvalue weighted by molar-refractivity contribution is 5.77. The molecule has 1 amide bonds. The summed E-state index contributed by atoms with van der Waals surface area (Å²) in [6.45, 7) is 6.03. The quantitative estimate of drug-likeness (QED) is 0.807. The molecule has 1 aromatic carbocycles. The van der Waals surface area contributed by atoms with Crippen LogP contribution in [0.5, 0.6) is 5.75 Å². The van der Waals surface area contributed by atoms with E-state index in [4.69, 9.17) is 9.47 Å². The molecule has 3 rings (SSSR count). The van der Waals surface area contributed by atoms with E-state index in [0.29, 0.717) is 6.04 Å². The number of carbonyl (C=O) groups excluding carboxylic acids is 1. The van der Waals surface area contributed by atoms with Gasteiger partial charge in [0.25, 0.3) is 0 Å². The molecule has 0 saturated carbocycles. The number of likely N-dealkylation sites (tertiary alicyclic amines) is 1. The average Bonchev–Trinajstić information content (AvgIpc) is 2.68. The normalized spacial score (nSPS) is 22.1. The summed E-state index contributed by atoms with van der Waals surface area (Å²) >= 11 is 0. The summed E-state index contributed by atoms with van der Waals surface area (Å²) in [5.41, 5.74) is 1.25. The Labute approximate surface area is 150 Å². The first-order chi connectivity index (χ1) is 12.2. The fourth-order valence-electron chi connectivity index (χ4n) is 3.83. The number of hydrogen-bond donors (Lipinski definition) is 0. The van der Waals surface area contributed by atoms with E-state index < -0.39 is 0 Å². The molecular weight excluding hydrogens is 318 g/mol. The molecule has 6 heteroatoms. The van der Waals surface area contributed by atoms with Crippen LogP contribution in [0, 0.1) is 0 Å². The van der Waals surface area contributed by atoms with Crippen molar-refractivity contribution in [3.63, 3.8) is 0 Å². The van der Waals surface area contributed by atoms with Gasteiger partial charge in [0.2, 0.25) is 5.91 Å². The van der Waals surface area contributed by atoms with E-state index in [0.717, 1.165) is 51.4 Å². The first kappa shape index (κ1) is 18.0. The third kappa shape index (κ3) is 4.44. The van der Waals surface area contributed by atoms with E-state index in [1.165, 1.54) is 12.1 Å². The summed E-state index contributed by atoms with van der Waals surface area (Å²) < 4.78 is 10.2. The molecule has 1 atom stereocenters. The molecule has 0 bridgehead atoms. The van der Waals surface area contributed by atoms with Crippen LogP contribution in [0.2, 0.25) is 0 Å². The lowest BCUT2D eigenvalue weighted by Crippen LogP contribution is -2.56. The minimum absolute atomic E-state index is 0.115. The maximum Gasteiger partial charge on any atom is 0.248 e. The Bertz CT molecular complexity index is 556. The van der Waals surface area contributed by atoms with Crippen LogP contribution in [-0.4, -0.2) is 81.8 Å². The summed E-state index contributed by atoms with van der Waals surface area (Å²) in [5.74, 6) is 1.01. The SMILES string of the molecule is COCC(=O)N1CCCC(N2CCN(c3ccc(OC)cc3)CC2)C1. The maximum absolute atomic E-state index is 12.1. The van der Waals surface area contributed by atoms with Crippen LogP contribution in [0.15, 0.2) is 24.3 Å². The van der Waals surface area contributed by atoms with Crippen LogP contribution in [0.25, 0.3) is 0 Å². The van der Waals surface area contributed by atoms with Crippen molar-refractivity contribution in [2.75, 3.05) is 65.0 Å². The molecule has 0 aromatic heterocycles. The highest BCUT2D eigenvalue weighted by atomic mass is 16.5. The predicted molar refractivity (Wildman–Crippen MR) is 98.3 cm³/mol. The van der Waals surface area contributed by atoms with Crippen molar-refractivity contribution in [3.8, 4) is 5.75 Å². The smallest absolute Gasteiger partial charge is 0.248 e. The molecule has 1 aromatic rings. The number of ether oxygens (including phenoxy) is 2. The van der Waals surface area contributed by atoms with E-state index in [2.05, 4.69) is 21.9 Å². The topological polar surface area (TPSA) is 45.2 Å². The number of anilines is 1. The lowest BCUT2D eigenvalue weighted by atomic mass is 10.0. The zero-order valence-electron chi connectivity index (χ0n) is 15.3. The summed E-state index contributed by atoms with van der Waals surface area (Å²) in [5, 5.41) is 0. The van der Waals surface area contributed by atoms with Crippen molar-refractivity contribution in [1.29, 1.82) is 0 Å². The molecule has 138 valence electrons. The highest BCUT2D eigenvalue weighted by Crippen LogP contribution is 2.23. The number of benzene rings is 1. The van der Waals surface area contributed by atoms with Crippen LogP contribution < -0.4 is 9.64 Å². The van der Waals surface area contributed by atoms with Crippen LogP contribution in [0.3, 0.4) is 0 Å². The lowest BCUT2D eigenvalue weighted by Gasteiger charge is -2.44. The number of piperidine rings is 1. The van der Waals surface area contributed by atoms with Crippen molar-refractivity contribution in [1.82, 2.24) is 9.80 Å². The maximum atomic E-state index is 12.1. The van der Waals surface area contributed by atoms with Gasteiger partial charge in [0.15, 0.2) is 0 Å². The summed E-state index contributed by atoms with van der Waals surface area (Å²) in [6, 6.07) is 8.76. The average molecular weight is 347 g/mol. The zero-order chi connectivity index (χ0) is 17.6. The summed E-state index contributed by atoms with van der Waals surface area (Å²) in [7, 11) is 3.27. The first-order valence-electron chi connectivity index (χ1n) is 9.11. The number of nitrogens with zero attached hydrogens (tertiary/aromatic N) is 3. The van der Waals surface area contributed by atoms with Crippen LogP contribution in [0.4, 0.5) is 5.69 Å². The van der Waals surface area contributed by atoms with Crippen LogP contribution in [0.1, 0.15) is 12.8 Å². The number of piperazine rings is 1. The Hall–Kier alpha value is -1.79. The zero-order valence-corrected chi connectivity index (χ0v) is 15.3. The van der Waals surface area contributed by atoms with Crippen molar-refractivity contribution in [3.05, 3.63) is 24.3 Å². The van der Waals surface area contributed by atoms with Gasteiger partial charge in [-0.3, -0.25) is 9.69 Å². The molecule has 0 aliphatic carbocycles. The van der Waals surface area contributed by atoms with Gasteiger partial charge < -0.3 is 19.3 Å². The van der Waals surface area contributed by atoms with Crippen molar-refractivity contribution in [2.45, 2.75) is 18.9 Å². The second kappa shape index (κ2) is 8.54. The highest BCUT2D eigenvalue weighted by Gasteiger charge is 2.29. The predicted octanol–water partition coefficient (Wildman–Crippen LogP) is 1.45. The van der Waals surface area contributed by atoms with E-state index in [1.807, 2.05) is 17.0 Å². The number of carbonyl (C=O) groups is 1. The molecule has 2 aliphatic rings. The molecule has 6 nitrogen and oxygen atoms in total. The first-order valence-corrected chi connectivity index (χ1v) is 9.11. The molecule has 2 aliphatic heterocycles. The van der Waals surface area contributed by atoms with Gasteiger partial charge in [0, 0.05) is 58.1 Å². The fourth-order valence-corrected chi connectivity index (χ4v) is 3.83. The minimum Gasteiger partial charge on any atom is -0.497 e. The van der Waals surface area contributed by atoms with E-state index >= 15 is 0 Å². The molecule has 0 radical (unpaired) electrons. The van der Waals surface area contributed by atoms with Gasteiger partial charge in [-0.15, -0.1) is 0 Å². The Morgan fingerprint density at radius 1 is 1.08 bits per heavy atom. The molecule has 25 heavy (non-hydrogen) atoms. The standard InChI is InChI=1S/C19H29N3O3/c1-24-15-19(23)22-9-3-4-17(14-22)21-12-10-20(11-13-21)16-5-7-18(25-2)8-6-16/h5-8,17H,3-4,9-15H2,1-2H3. The number of methoxy groups -OCH3 is 2. The van der Waals surface area contributed by atoms with E-state index in [-0.39, 0.29) is 12.5 Å². The monoisotopic (exact) mass is 347 g/mol. The van der Waals surface area contributed by atoms with E-state index in [9.17, 15) is 4.79 Å². The molecule has 0 spiro atoms. The second-order valence-electron chi connectivity index (χ2n) is 6.79. The summed E-state index contributed by atoms with van der Waals surface area (Å²) in [4.78, 5) is 19.0. The largest absolute Gasteiger partial charge is 0.497 e. The molecule has 2 saturated heterocycles. The van der Waals surface area contributed by atoms with Gasteiger partial charge in [-0.05, 0) is 37.1 Å². The van der Waals surface area contributed by atoms with Crippen LogP contribution >= 0.6 is 0 Å². The van der Waals surface area contributed by atoms with Crippen molar-refractivity contribution in [2.24, 2.45) is 0 Å². The fraction of sp³-hybridized carbons (Fsp3) is 0.632. The van der Waals surface area contributed by atoms with Gasteiger partial charge in [0.1, 0.15) is 12.4 Å². The van der Waals surface area contributed by atoms with Crippen molar-refractivity contribution < 1.29 is 14.3 Å². The van der Waals surface area contributed by atoms with Crippen LogP contribution in [-0.2, 0) is 9.53 Å². The van der Waals surface area contributed by atoms with Crippen molar-refractivity contribution >= 4 is 11.6 Å². The van der Waals surface area contributed by atoms with Gasteiger partial charge in [-0.1, -0.05) is 0 Å². The molecular formula is C19H29N3O3. The third-order valence-corrected chi connectivity index (χ3v) is 5.29. The molecule has 2 heterocycles. The van der Waals surface area contributed by atoms with Gasteiger partial charge >= 0.3 is 0 Å². The Kier molecular flexibility index (Phi) is 6.15. The van der Waals surface area contributed by atoms with Gasteiger partial charge in [-0.25, -0.2) is 0 Å². The molecule has 1 unspecified atom stereocenters. The third-order valence-electron chi connectivity index (χ3n) is 5.29. The second-order valence-corrected chi connectivity index (χ2v) is 6.79. The van der Waals surface area contributed by atoms with Gasteiger partial charge in [-0.2, -0.15) is 0 Å². The summed E-state index contributed by atoms with van der Waals surface area (Å²) in [6.07, 6.45) is 2.26. The lowest BCUT2D eigenvalue weighted by molar-refractivity contribution is -0.137.